The molecule has 6 nitrogen and oxygen atoms in total. The summed E-state index contributed by atoms with van der Waals surface area (Å²) in [5.74, 6) is 0.125. The van der Waals surface area contributed by atoms with E-state index in [1.54, 1.807) is 38.4 Å². The Kier molecular flexibility index (Phi) is 4.88. The van der Waals surface area contributed by atoms with Crippen LogP contribution in [0.3, 0.4) is 0 Å². The van der Waals surface area contributed by atoms with Crippen LogP contribution < -0.4 is 0 Å². The van der Waals surface area contributed by atoms with Gasteiger partial charge in [-0.3, -0.25) is 4.79 Å². The summed E-state index contributed by atoms with van der Waals surface area (Å²) in [5, 5.41) is 0.590. The van der Waals surface area contributed by atoms with Gasteiger partial charge in [-0.15, -0.1) is 0 Å². The summed E-state index contributed by atoms with van der Waals surface area (Å²) in [6, 6.07) is 6.76. The lowest BCUT2D eigenvalue weighted by atomic mass is 9.94. The van der Waals surface area contributed by atoms with Gasteiger partial charge in [0, 0.05) is 50.4 Å². The van der Waals surface area contributed by atoms with Crippen LogP contribution in [0.2, 0.25) is 5.02 Å². The summed E-state index contributed by atoms with van der Waals surface area (Å²) in [7, 11) is -0.376. The molecule has 3 saturated heterocycles. The van der Waals surface area contributed by atoms with Crippen molar-refractivity contribution < 1.29 is 13.2 Å². The van der Waals surface area contributed by atoms with Crippen LogP contribution in [0.15, 0.2) is 24.3 Å². The minimum atomic E-state index is -3.46. The van der Waals surface area contributed by atoms with Gasteiger partial charge in [-0.05, 0) is 43.0 Å². The van der Waals surface area contributed by atoms with Crippen LogP contribution in [-0.4, -0.2) is 67.6 Å². The van der Waals surface area contributed by atoms with Gasteiger partial charge in [-0.2, -0.15) is 17.0 Å². The molecule has 8 heteroatoms. The molecule has 0 saturated carbocycles. The number of carbonyl (C=O) groups excluding carboxylic acids is 1. The topological polar surface area (TPSA) is 60.9 Å². The third kappa shape index (κ3) is 3.31. The van der Waals surface area contributed by atoms with E-state index in [9.17, 15) is 13.2 Å². The van der Waals surface area contributed by atoms with Crippen LogP contribution >= 0.6 is 11.6 Å². The quantitative estimate of drug-likeness (QED) is 0.812. The van der Waals surface area contributed by atoms with E-state index in [0.717, 1.165) is 12.8 Å². The van der Waals surface area contributed by atoms with E-state index in [2.05, 4.69) is 0 Å². The molecule has 3 aliphatic heterocycles. The lowest BCUT2D eigenvalue weighted by Gasteiger charge is -2.36. The fourth-order valence-corrected chi connectivity index (χ4v) is 4.81. The minimum absolute atomic E-state index is 0.0505. The predicted octanol–water partition coefficient (Wildman–Crippen LogP) is 1.68. The Bertz CT molecular complexity index is 721. The van der Waals surface area contributed by atoms with E-state index < -0.39 is 10.2 Å². The van der Waals surface area contributed by atoms with Crippen molar-refractivity contribution in [2.75, 3.05) is 33.7 Å². The third-order valence-corrected chi connectivity index (χ3v) is 6.95. The summed E-state index contributed by atoms with van der Waals surface area (Å²) >= 11 is 5.89. The van der Waals surface area contributed by atoms with E-state index in [-0.39, 0.29) is 17.9 Å². The van der Waals surface area contributed by atoms with E-state index in [1.165, 1.54) is 8.61 Å². The van der Waals surface area contributed by atoms with Crippen LogP contribution in [0, 0.1) is 5.92 Å². The highest BCUT2D eigenvalue weighted by atomic mass is 35.5. The second-order valence-electron chi connectivity index (χ2n) is 6.67. The highest BCUT2D eigenvalue weighted by Crippen LogP contribution is 2.31. The first-order valence-electron chi connectivity index (χ1n) is 8.03. The highest BCUT2D eigenvalue weighted by molar-refractivity contribution is 7.86. The van der Waals surface area contributed by atoms with Crippen molar-refractivity contribution in [2.45, 2.75) is 18.9 Å². The van der Waals surface area contributed by atoms with Crippen LogP contribution in [0.4, 0.5) is 0 Å². The zero-order valence-corrected chi connectivity index (χ0v) is 15.4. The number of amides is 1. The van der Waals surface area contributed by atoms with Crippen molar-refractivity contribution in [3.05, 3.63) is 34.9 Å². The molecule has 1 aromatic carbocycles. The number of nitrogens with zero attached hydrogens (tertiary/aromatic N) is 3. The van der Waals surface area contributed by atoms with Crippen molar-refractivity contribution in [1.82, 2.24) is 13.5 Å². The Hall–Kier alpha value is -1.15. The Morgan fingerprint density at radius 3 is 2.42 bits per heavy atom. The van der Waals surface area contributed by atoms with Crippen molar-refractivity contribution in [3.63, 3.8) is 0 Å². The first-order valence-corrected chi connectivity index (χ1v) is 9.80. The van der Waals surface area contributed by atoms with Gasteiger partial charge in [0.25, 0.3) is 16.1 Å². The first kappa shape index (κ1) is 17.7. The molecule has 0 aliphatic carbocycles. The molecular weight excluding hydrogens is 350 g/mol. The molecule has 3 aliphatic rings. The molecule has 1 amide bonds. The number of rotatable bonds is 3. The maximum atomic E-state index is 12.8. The van der Waals surface area contributed by atoms with Crippen molar-refractivity contribution in [1.29, 1.82) is 0 Å². The standard InChI is InChI=1S/C16H22ClN3O3S/c1-18(2)24(22,23)19-9-12-3-8-15(11-19)20(10-12)16(21)13-4-6-14(17)7-5-13/h4-7,12,15H,3,8-11H2,1-2H3. The second kappa shape index (κ2) is 6.63. The number of halogens is 1. The molecule has 0 N–H and O–H groups in total. The lowest BCUT2D eigenvalue weighted by Crippen LogP contribution is -2.48. The normalized spacial score (nSPS) is 25.1. The van der Waals surface area contributed by atoms with E-state index in [1.807, 2.05) is 4.90 Å². The van der Waals surface area contributed by atoms with Gasteiger partial charge in [0.15, 0.2) is 0 Å². The number of hydrogen-bond donors (Lipinski definition) is 0. The Morgan fingerprint density at radius 1 is 1.12 bits per heavy atom. The maximum absolute atomic E-state index is 12.8. The van der Waals surface area contributed by atoms with Gasteiger partial charge >= 0.3 is 0 Å². The minimum Gasteiger partial charge on any atom is -0.334 e. The number of benzene rings is 1. The molecule has 2 atom stereocenters. The predicted molar refractivity (Wildman–Crippen MR) is 93.2 cm³/mol. The maximum Gasteiger partial charge on any atom is 0.281 e. The molecule has 24 heavy (non-hydrogen) atoms. The second-order valence-corrected chi connectivity index (χ2v) is 9.25. The van der Waals surface area contributed by atoms with Gasteiger partial charge in [0.05, 0.1) is 0 Å². The van der Waals surface area contributed by atoms with Crippen LogP contribution in [-0.2, 0) is 10.2 Å². The van der Waals surface area contributed by atoms with E-state index in [0.29, 0.717) is 30.2 Å². The van der Waals surface area contributed by atoms with Crippen molar-refractivity contribution >= 4 is 27.7 Å². The Morgan fingerprint density at radius 2 is 1.79 bits per heavy atom. The molecule has 2 bridgehead atoms. The lowest BCUT2D eigenvalue weighted by molar-refractivity contribution is 0.0588. The average molecular weight is 372 g/mol. The number of piperidine rings is 1. The summed E-state index contributed by atoms with van der Waals surface area (Å²) < 4.78 is 27.7. The Balaban J connectivity index is 1.83. The molecule has 1 aromatic rings. The number of fused-ring (bicyclic) bond motifs is 4. The van der Waals surface area contributed by atoms with E-state index in [4.69, 9.17) is 11.6 Å². The van der Waals surface area contributed by atoms with Crippen molar-refractivity contribution in [2.24, 2.45) is 5.92 Å². The monoisotopic (exact) mass is 371 g/mol. The fourth-order valence-electron chi connectivity index (χ4n) is 3.47. The first-order chi connectivity index (χ1) is 11.3. The molecular formula is C16H22ClN3O3S. The van der Waals surface area contributed by atoms with Crippen LogP contribution in [0.5, 0.6) is 0 Å². The van der Waals surface area contributed by atoms with Crippen molar-refractivity contribution in [3.8, 4) is 0 Å². The molecule has 0 spiro atoms. The summed E-state index contributed by atoms with van der Waals surface area (Å²) in [6.07, 6.45) is 1.79. The smallest absolute Gasteiger partial charge is 0.281 e. The molecule has 0 aromatic heterocycles. The SMILES string of the molecule is CN(C)S(=O)(=O)N1CC2CCC(C1)N(C(=O)c1ccc(Cl)cc1)C2. The number of carbonyl (C=O) groups is 1. The molecule has 3 fully saturated rings. The molecule has 4 rings (SSSR count). The van der Waals surface area contributed by atoms with Gasteiger partial charge in [-0.25, -0.2) is 0 Å². The Labute approximate surface area is 148 Å². The number of hydrogen-bond acceptors (Lipinski definition) is 3. The molecule has 3 heterocycles. The van der Waals surface area contributed by atoms with Gasteiger partial charge in [-0.1, -0.05) is 11.6 Å². The summed E-state index contributed by atoms with van der Waals surface area (Å²) in [5.41, 5.74) is 0.592. The summed E-state index contributed by atoms with van der Waals surface area (Å²) in [6.45, 7) is 1.43. The van der Waals surface area contributed by atoms with Crippen LogP contribution in [0.1, 0.15) is 23.2 Å². The van der Waals surface area contributed by atoms with Gasteiger partial charge in [0.1, 0.15) is 0 Å². The zero-order chi connectivity index (χ0) is 17.5. The summed E-state index contributed by atoms with van der Waals surface area (Å²) in [4.78, 5) is 14.7. The average Bonchev–Trinajstić information content (AvgIpc) is 2.87. The highest BCUT2D eigenvalue weighted by Gasteiger charge is 2.41. The van der Waals surface area contributed by atoms with Gasteiger partial charge in [0.2, 0.25) is 0 Å². The molecule has 132 valence electrons. The molecule has 0 radical (unpaired) electrons. The van der Waals surface area contributed by atoms with Gasteiger partial charge < -0.3 is 4.90 Å². The van der Waals surface area contributed by atoms with E-state index >= 15 is 0 Å². The molecule has 2 unspecified atom stereocenters. The van der Waals surface area contributed by atoms with Crippen LogP contribution in [0.25, 0.3) is 0 Å². The fraction of sp³-hybridized carbons (Fsp3) is 0.562. The largest absolute Gasteiger partial charge is 0.334 e. The zero-order valence-electron chi connectivity index (χ0n) is 13.9. The third-order valence-electron chi connectivity index (χ3n) is 4.82.